The fraction of sp³-hybridized carbons (Fsp3) is 0.211. The third-order valence-electron chi connectivity index (χ3n) is 4.60. The number of anilines is 1. The van der Waals surface area contributed by atoms with Gasteiger partial charge in [-0.15, -0.1) is 0 Å². The van der Waals surface area contributed by atoms with Crippen LogP contribution in [0, 0.1) is 0 Å². The van der Waals surface area contributed by atoms with Crippen molar-refractivity contribution in [3.8, 4) is 5.88 Å². The van der Waals surface area contributed by atoms with Crippen LogP contribution < -0.4 is 21.7 Å². The molecule has 0 saturated heterocycles. The van der Waals surface area contributed by atoms with Crippen LogP contribution >= 0.6 is 0 Å². The monoisotopic (exact) mass is 390 g/mol. The zero-order chi connectivity index (χ0) is 19.8. The number of fused-ring (bicyclic) bond motifs is 1. The Morgan fingerprint density at radius 1 is 1.31 bits per heavy atom. The van der Waals surface area contributed by atoms with E-state index in [0.717, 1.165) is 18.4 Å². The van der Waals surface area contributed by atoms with Gasteiger partial charge >= 0.3 is 5.69 Å². The predicted molar refractivity (Wildman–Crippen MR) is 105 cm³/mol. The third-order valence-corrected chi connectivity index (χ3v) is 4.60. The molecule has 1 aliphatic rings. The van der Waals surface area contributed by atoms with Gasteiger partial charge in [-0.25, -0.2) is 9.78 Å². The van der Waals surface area contributed by atoms with E-state index in [-0.39, 0.29) is 11.6 Å². The minimum absolute atomic E-state index is 0.232. The maximum atomic E-state index is 11.4. The molecule has 10 nitrogen and oxygen atoms in total. The number of rotatable bonds is 5. The first-order chi connectivity index (χ1) is 14.2. The molecular formula is C19H18N8O2. The second kappa shape index (κ2) is 6.89. The van der Waals surface area contributed by atoms with Crippen molar-refractivity contribution in [3.63, 3.8) is 0 Å². The zero-order valence-corrected chi connectivity index (χ0v) is 15.3. The van der Waals surface area contributed by atoms with Crippen molar-refractivity contribution in [1.82, 2.24) is 29.5 Å². The Hall–Kier alpha value is -3.95. The lowest BCUT2D eigenvalue weighted by molar-refractivity contribution is 0.454. The number of aromatic hydroxyl groups is 1. The molecule has 0 unspecified atom stereocenters. The van der Waals surface area contributed by atoms with E-state index in [1.54, 1.807) is 29.2 Å². The molecule has 146 valence electrons. The molecule has 0 atom stereocenters. The van der Waals surface area contributed by atoms with Crippen molar-refractivity contribution < 1.29 is 5.11 Å². The van der Waals surface area contributed by atoms with Crippen LogP contribution in [0.25, 0.3) is 11.7 Å². The Balaban J connectivity index is 1.61. The van der Waals surface area contributed by atoms with Crippen molar-refractivity contribution in [2.45, 2.75) is 25.4 Å². The molecule has 0 amide bonds. The van der Waals surface area contributed by atoms with Crippen LogP contribution in [0.4, 0.5) is 5.82 Å². The Kier molecular flexibility index (Phi) is 4.08. The van der Waals surface area contributed by atoms with Gasteiger partial charge in [0.1, 0.15) is 11.5 Å². The molecule has 10 heteroatoms. The number of pyridine rings is 1. The number of imidazole rings is 1. The predicted octanol–water partition coefficient (Wildman–Crippen LogP) is 0.0692. The van der Waals surface area contributed by atoms with Gasteiger partial charge in [0, 0.05) is 30.2 Å². The van der Waals surface area contributed by atoms with E-state index >= 15 is 0 Å². The number of aromatic amines is 2. The van der Waals surface area contributed by atoms with Gasteiger partial charge in [0.25, 0.3) is 0 Å². The molecule has 1 fully saturated rings. The highest BCUT2D eigenvalue weighted by atomic mass is 16.3. The summed E-state index contributed by atoms with van der Waals surface area (Å²) in [5, 5.41) is 18.2. The molecule has 1 saturated carbocycles. The summed E-state index contributed by atoms with van der Waals surface area (Å²) in [6, 6.07) is 6.06. The Labute approximate surface area is 163 Å². The van der Waals surface area contributed by atoms with Crippen molar-refractivity contribution in [3.05, 3.63) is 69.2 Å². The second-order valence-corrected chi connectivity index (χ2v) is 6.89. The van der Waals surface area contributed by atoms with Crippen LogP contribution in [0.5, 0.6) is 5.88 Å². The van der Waals surface area contributed by atoms with Crippen LogP contribution in [0.15, 0.2) is 46.6 Å². The second-order valence-electron chi connectivity index (χ2n) is 6.89. The van der Waals surface area contributed by atoms with E-state index in [1.807, 2.05) is 18.2 Å². The lowest BCUT2D eigenvalue weighted by Gasteiger charge is -2.06. The number of hydrogen-bond donors (Lipinski definition) is 4. The highest BCUT2D eigenvalue weighted by Gasteiger charge is 2.20. The largest absolute Gasteiger partial charge is 0.493 e. The Morgan fingerprint density at radius 2 is 2.14 bits per heavy atom. The maximum absolute atomic E-state index is 11.4. The van der Waals surface area contributed by atoms with Gasteiger partial charge in [-0.3, -0.25) is 15.0 Å². The van der Waals surface area contributed by atoms with E-state index in [4.69, 9.17) is 4.99 Å². The first-order valence-corrected chi connectivity index (χ1v) is 9.24. The van der Waals surface area contributed by atoms with Crippen LogP contribution in [0.1, 0.15) is 24.1 Å². The normalized spacial score (nSPS) is 15.3. The summed E-state index contributed by atoms with van der Waals surface area (Å²) >= 11 is 0. The summed E-state index contributed by atoms with van der Waals surface area (Å²) < 4.78 is 1.67. The highest BCUT2D eigenvalue weighted by molar-refractivity contribution is 5.57. The molecule has 1 aliphatic carbocycles. The topological polar surface area (TPSA) is 136 Å². The standard InChI is InChI=1S/C19H18N8O2/c28-18-14(24-19(29)26-18)7-12-10-22-27-16(23-13-1-2-13)8-15(25-17(12)27)21-9-11-3-5-20-6-4-11/h3-8,10,13,21,28H,1-2,9H2,(H2,24,26,29)/b12-7-,23-16?. The maximum Gasteiger partial charge on any atom is 0.326 e. The molecule has 4 heterocycles. The van der Waals surface area contributed by atoms with Gasteiger partial charge < -0.3 is 15.4 Å². The summed E-state index contributed by atoms with van der Waals surface area (Å²) in [7, 11) is 0. The quantitative estimate of drug-likeness (QED) is 0.381. The fourth-order valence-electron chi connectivity index (χ4n) is 2.98. The summed E-state index contributed by atoms with van der Waals surface area (Å²) in [6.45, 7) is 0.591. The van der Waals surface area contributed by atoms with Crippen LogP contribution in [-0.2, 0) is 6.54 Å². The van der Waals surface area contributed by atoms with E-state index in [2.05, 4.69) is 30.4 Å². The summed E-state index contributed by atoms with van der Waals surface area (Å²) in [5.74, 6) is 0.430. The number of aromatic nitrogens is 6. The molecule has 29 heavy (non-hydrogen) atoms. The van der Waals surface area contributed by atoms with E-state index in [0.29, 0.717) is 34.8 Å². The number of nitrogens with one attached hydrogen (secondary N) is 3. The highest BCUT2D eigenvalue weighted by Crippen LogP contribution is 2.22. The average molecular weight is 390 g/mol. The van der Waals surface area contributed by atoms with Crippen molar-refractivity contribution in [1.29, 1.82) is 0 Å². The number of hydrogen-bond acceptors (Lipinski definition) is 7. The van der Waals surface area contributed by atoms with E-state index < -0.39 is 5.69 Å². The molecular weight excluding hydrogens is 372 g/mol. The van der Waals surface area contributed by atoms with Crippen molar-refractivity contribution in [2.75, 3.05) is 5.32 Å². The Morgan fingerprint density at radius 3 is 2.86 bits per heavy atom. The molecule has 4 aromatic heterocycles. The molecule has 4 N–H and O–H groups in total. The lowest BCUT2D eigenvalue weighted by Crippen LogP contribution is -2.20. The zero-order valence-electron chi connectivity index (χ0n) is 15.3. The lowest BCUT2D eigenvalue weighted by atomic mass is 10.3. The molecule has 0 spiro atoms. The summed E-state index contributed by atoms with van der Waals surface area (Å²) in [6.07, 6.45) is 8.89. The van der Waals surface area contributed by atoms with Gasteiger partial charge in [-0.05, 0) is 36.6 Å². The van der Waals surface area contributed by atoms with E-state index in [9.17, 15) is 9.90 Å². The van der Waals surface area contributed by atoms with Gasteiger partial charge in [0.15, 0.2) is 11.1 Å². The number of nitrogens with zero attached hydrogens (tertiary/aromatic N) is 5. The van der Waals surface area contributed by atoms with Gasteiger partial charge in [-0.2, -0.15) is 9.61 Å². The molecule has 5 rings (SSSR count). The van der Waals surface area contributed by atoms with Crippen molar-refractivity contribution in [2.24, 2.45) is 4.99 Å². The first-order valence-electron chi connectivity index (χ1n) is 9.24. The molecule has 0 aliphatic heterocycles. The minimum atomic E-state index is -0.484. The Bertz CT molecular complexity index is 1350. The molecule has 0 radical (unpaired) electrons. The molecule has 0 aromatic carbocycles. The van der Waals surface area contributed by atoms with Crippen LogP contribution in [0.2, 0.25) is 0 Å². The summed E-state index contributed by atoms with van der Waals surface area (Å²) in [4.78, 5) is 29.7. The fourth-order valence-corrected chi connectivity index (χ4v) is 2.98. The molecule has 0 bridgehead atoms. The van der Waals surface area contributed by atoms with E-state index in [1.165, 1.54) is 0 Å². The first kappa shape index (κ1) is 17.2. The number of H-pyrrole nitrogens is 2. The van der Waals surface area contributed by atoms with Crippen molar-refractivity contribution >= 4 is 17.5 Å². The van der Waals surface area contributed by atoms with Gasteiger partial charge in [0.05, 0.1) is 12.2 Å². The van der Waals surface area contributed by atoms with Crippen LogP contribution in [-0.4, -0.2) is 40.7 Å². The smallest absolute Gasteiger partial charge is 0.326 e. The minimum Gasteiger partial charge on any atom is -0.493 e. The summed E-state index contributed by atoms with van der Waals surface area (Å²) in [5.41, 5.74) is 2.15. The van der Waals surface area contributed by atoms with Gasteiger partial charge in [-0.1, -0.05) is 0 Å². The third kappa shape index (κ3) is 3.59. The average Bonchev–Trinajstić information content (AvgIpc) is 3.36. The van der Waals surface area contributed by atoms with Crippen LogP contribution in [0.3, 0.4) is 0 Å². The van der Waals surface area contributed by atoms with Gasteiger partial charge in [0.2, 0.25) is 5.88 Å². The SMILES string of the molecule is O=c1[nH]c(O)c(/C=c2/cnn3c(=NC4CC4)cc(NCc4ccncc4)nc23)[nH]1. The molecule has 4 aromatic rings.